The van der Waals surface area contributed by atoms with Gasteiger partial charge in [0, 0.05) is 10.9 Å². The van der Waals surface area contributed by atoms with Gasteiger partial charge in [-0.3, -0.25) is 4.79 Å². The molecule has 0 aliphatic carbocycles. The summed E-state index contributed by atoms with van der Waals surface area (Å²) < 4.78 is 39.6. The molecule has 0 saturated carbocycles. The van der Waals surface area contributed by atoms with E-state index in [9.17, 15) is 18.0 Å². The van der Waals surface area contributed by atoms with Crippen LogP contribution in [0.2, 0.25) is 0 Å². The van der Waals surface area contributed by atoms with E-state index in [0.29, 0.717) is 18.2 Å². The van der Waals surface area contributed by atoms with Gasteiger partial charge in [0.05, 0.1) is 0 Å². The van der Waals surface area contributed by atoms with E-state index < -0.39 is 30.8 Å². The monoisotopic (exact) mass is 319 g/mol. The molecule has 0 rings (SSSR count). The zero-order valence-electron chi connectivity index (χ0n) is 9.86. The Morgan fingerprint density at radius 1 is 1.29 bits per heavy atom. The predicted octanol–water partition coefficient (Wildman–Crippen LogP) is 2.64. The Morgan fingerprint density at radius 2 is 1.82 bits per heavy atom. The molecule has 0 aromatic heterocycles. The molecule has 0 unspecified atom stereocenters. The molecule has 1 amide bonds. The Bertz CT molecular complexity index is 234. The number of carbonyl (C=O) groups excluding carboxylic acids is 1. The first-order valence-electron chi connectivity index (χ1n) is 5.30. The van der Waals surface area contributed by atoms with Crippen LogP contribution in [0.4, 0.5) is 13.2 Å². The summed E-state index contributed by atoms with van der Waals surface area (Å²) in [5.41, 5.74) is -0.418. The van der Waals surface area contributed by atoms with E-state index in [-0.39, 0.29) is 0 Å². The number of nitrogens with one attached hydrogen (secondary N) is 1. The Balaban J connectivity index is 4.08. The highest BCUT2D eigenvalue weighted by atomic mass is 79.9. The number of hydrogen-bond donors (Lipinski definition) is 1. The molecule has 0 fully saturated rings. The summed E-state index contributed by atoms with van der Waals surface area (Å²) in [5, 5.41) is 3.24. The standard InChI is InChI=1S/C10H17BrF3NO2/c1-3-9(4-2,6-11)15-8(16)5-17-7-10(12,13)14/h3-7H2,1-2H3,(H,15,16). The maximum Gasteiger partial charge on any atom is 0.411 e. The fourth-order valence-electron chi connectivity index (χ4n) is 1.24. The van der Waals surface area contributed by atoms with Crippen molar-refractivity contribution >= 4 is 21.8 Å². The predicted molar refractivity (Wildman–Crippen MR) is 62.1 cm³/mol. The summed E-state index contributed by atoms with van der Waals surface area (Å²) in [6.07, 6.45) is -3.01. The molecule has 0 aromatic carbocycles. The van der Waals surface area contributed by atoms with Crippen LogP contribution in [0.15, 0.2) is 0 Å². The summed E-state index contributed by atoms with van der Waals surface area (Å²) in [4.78, 5) is 11.4. The van der Waals surface area contributed by atoms with Gasteiger partial charge in [-0.1, -0.05) is 29.8 Å². The molecular formula is C10H17BrF3NO2. The van der Waals surface area contributed by atoms with Crippen molar-refractivity contribution in [2.45, 2.75) is 38.4 Å². The topological polar surface area (TPSA) is 38.3 Å². The van der Waals surface area contributed by atoms with Crippen molar-refractivity contribution in [1.29, 1.82) is 0 Å². The van der Waals surface area contributed by atoms with Crippen LogP contribution in [0.25, 0.3) is 0 Å². The second-order valence-electron chi connectivity index (χ2n) is 3.78. The average molecular weight is 320 g/mol. The molecule has 102 valence electrons. The zero-order chi connectivity index (χ0) is 13.5. The third-order valence-electron chi connectivity index (χ3n) is 2.51. The lowest BCUT2D eigenvalue weighted by atomic mass is 9.95. The normalized spacial score (nSPS) is 12.6. The summed E-state index contributed by atoms with van der Waals surface area (Å²) in [5.74, 6) is -0.530. The van der Waals surface area contributed by atoms with Gasteiger partial charge in [0.2, 0.25) is 5.91 Å². The maximum absolute atomic E-state index is 11.8. The van der Waals surface area contributed by atoms with Gasteiger partial charge < -0.3 is 10.1 Å². The molecule has 0 saturated heterocycles. The number of rotatable bonds is 7. The Kier molecular flexibility index (Phi) is 7.08. The average Bonchev–Trinajstić information content (AvgIpc) is 2.24. The lowest BCUT2D eigenvalue weighted by Crippen LogP contribution is -2.50. The van der Waals surface area contributed by atoms with Gasteiger partial charge in [0.25, 0.3) is 0 Å². The second-order valence-corrected chi connectivity index (χ2v) is 4.34. The molecule has 3 nitrogen and oxygen atoms in total. The highest BCUT2D eigenvalue weighted by molar-refractivity contribution is 9.09. The van der Waals surface area contributed by atoms with Gasteiger partial charge in [-0.25, -0.2) is 0 Å². The van der Waals surface area contributed by atoms with E-state index in [1.807, 2.05) is 13.8 Å². The number of amides is 1. The molecule has 0 aliphatic rings. The first-order valence-corrected chi connectivity index (χ1v) is 6.42. The molecule has 0 atom stereocenters. The van der Waals surface area contributed by atoms with Crippen LogP contribution in [0, 0.1) is 0 Å². The zero-order valence-corrected chi connectivity index (χ0v) is 11.4. The fourth-order valence-corrected chi connectivity index (χ4v) is 2.17. The molecule has 0 spiro atoms. The Hall–Kier alpha value is -0.300. The fraction of sp³-hybridized carbons (Fsp3) is 0.900. The smallest absolute Gasteiger partial charge is 0.362 e. The number of ether oxygens (including phenoxy) is 1. The quantitative estimate of drug-likeness (QED) is 0.733. The molecule has 17 heavy (non-hydrogen) atoms. The third kappa shape index (κ3) is 6.88. The molecule has 0 bridgehead atoms. The molecule has 1 N–H and O–H groups in total. The summed E-state index contributed by atoms with van der Waals surface area (Å²) >= 11 is 3.29. The second kappa shape index (κ2) is 7.20. The lowest BCUT2D eigenvalue weighted by molar-refractivity contribution is -0.176. The van der Waals surface area contributed by atoms with E-state index in [2.05, 4.69) is 26.0 Å². The van der Waals surface area contributed by atoms with Crippen molar-refractivity contribution in [2.24, 2.45) is 0 Å². The van der Waals surface area contributed by atoms with Gasteiger partial charge in [-0.15, -0.1) is 0 Å². The molecule has 0 heterocycles. The van der Waals surface area contributed by atoms with Crippen LogP contribution in [-0.2, 0) is 9.53 Å². The molecular weight excluding hydrogens is 303 g/mol. The first-order chi connectivity index (χ1) is 7.78. The Morgan fingerprint density at radius 3 is 2.18 bits per heavy atom. The molecule has 0 aliphatic heterocycles. The highest BCUT2D eigenvalue weighted by Gasteiger charge is 2.29. The van der Waals surface area contributed by atoms with E-state index in [0.717, 1.165) is 0 Å². The van der Waals surface area contributed by atoms with Gasteiger partial charge in [0.15, 0.2) is 0 Å². The van der Waals surface area contributed by atoms with Gasteiger partial charge in [-0.05, 0) is 12.8 Å². The summed E-state index contributed by atoms with van der Waals surface area (Å²) in [7, 11) is 0. The van der Waals surface area contributed by atoms with Crippen molar-refractivity contribution in [1.82, 2.24) is 5.32 Å². The number of carbonyl (C=O) groups is 1. The van der Waals surface area contributed by atoms with Gasteiger partial charge in [-0.2, -0.15) is 13.2 Å². The van der Waals surface area contributed by atoms with Crippen molar-refractivity contribution < 1.29 is 22.7 Å². The van der Waals surface area contributed by atoms with Crippen molar-refractivity contribution in [2.75, 3.05) is 18.5 Å². The highest BCUT2D eigenvalue weighted by Crippen LogP contribution is 2.18. The minimum absolute atomic E-state index is 0.418. The number of hydrogen-bond acceptors (Lipinski definition) is 2. The lowest BCUT2D eigenvalue weighted by Gasteiger charge is -2.30. The Labute approximate surface area is 107 Å². The van der Waals surface area contributed by atoms with Gasteiger partial charge >= 0.3 is 6.18 Å². The largest absolute Gasteiger partial charge is 0.411 e. The van der Waals surface area contributed by atoms with E-state index in [1.54, 1.807) is 0 Å². The van der Waals surface area contributed by atoms with Crippen LogP contribution in [0.3, 0.4) is 0 Å². The minimum Gasteiger partial charge on any atom is -0.362 e. The third-order valence-corrected chi connectivity index (χ3v) is 3.59. The number of alkyl halides is 4. The molecule has 0 aromatic rings. The molecule has 0 radical (unpaired) electrons. The van der Waals surface area contributed by atoms with Crippen molar-refractivity contribution in [3.63, 3.8) is 0 Å². The minimum atomic E-state index is -4.40. The van der Waals surface area contributed by atoms with Crippen LogP contribution in [0.5, 0.6) is 0 Å². The summed E-state index contributed by atoms with van der Waals surface area (Å²) in [6.45, 7) is 1.83. The van der Waals surface area contributed by atoms with Crippen molar-refractivity contribution in [3.8, 4) is 0 Å². The van der Waals surface area contributed by atoms with Crippen LogP contribution in [-0.4, -0.2) is 36.2 Å². The van der Waals surface area contributed by atoms with E-state index in [4.69, 9.17) is 0 Å². The maximum atomic E-state index is 11.8. The first kappa shape index (κ1) is 16.7. The van der Waals surface area contributed by atoms with E-state index >= 15 is 0 Å². The SMILES string of the molecule is CCC(CC)(CBr)NC(=O)COCC(F)(F)F. The van der Waals surface area contributed by atoms with E-state index in [1.165, 1.54) is 0 Å². The van der Waals surface area contributed by atoms with Crippen LogP contribution in [0.1, 0.15) is 26.7 Å². The molecule has 7 heteroatoms. The van der Waals surface area contributed by atoms with Crippen molar-refractivity contribution in [3.05, 3.63) is 0 Å². The summed E-state index contributed by atoms with van der Waals surface area (Å²) in [6, 6.07) is 0. The van der Waals surface area contributed by atoms with Crippen LogP contribution < -0.4 is 5.32 Å². The number of halogens is 4. The van der Waals surface area contributed by atoms with Gasteiger partial charge in [0.1, 0.15) is 13.2 Å². The van der Waals surface area contributed by atoms with Crippen LogP contribution >= 0.6 is 15.9 Å².